The molecule has 0 saturated heterocycles. The summed E-state index contributed by atoms with van der Waals surface area (Å²) in [7, 11) is 1.30. The second-order valence-electron chi connectivity index (χ2n) is 2.69. The quantitative estimate of drug-likeness (QED) is 0.511. The maximum absolute atomic E-state index is 12.6. The predicted octanol–water partition coefficient (Wildman–Crippen LogP) is 1.24. The van der Waals surface area contributed by atoms with E-state index in [9.17, 15) is 9.18 Å². The second-order valence-corrected chi connectivity index (χ2v) is 2.69. The van der Waals surface area contributed by atoms with Crippen molar-refractivity contribution in [3.8, 4) is 0 Å². The van der Waals surface area contributed by atoms with Gasteiger partial charge in [0, 0.05) is 6.20 Å². The van der Waals surface area contributed by atoms with Crippen LogP contribution in [0.15, 0.2) is 12.3 Å². The average Bonchev–Trinajstić information content (AvgIpc) is 2.11. The van der Waals surface area contributed by atoms with Gasteiger partial charge in [0.2, 0.25) is 5.95 Å². The molecule has 0 radical (unpaired) electrons. The van der Waals surface area contributed by atoms with Crippen LogP contribution in [0.5, 0.6) is 0 Å². The van der Waals surface area contributed by atoms with Crippen LogP contribution in [0.1, 0.15) is 11.1 Å². The number of carbonyl (C=O) groups excluding carboxylic acids is 1. The Labute approximate surface area is 75.6 Å². The van der Waals surface area contributed by atoms with E-state index in [1.54, 1.807) is 6.92 Å². The Morgan fingerprint density at radius 2 is 2.38 bits per heavy atom. The van der Waals surface area contributed by atoms with Gasteiger partial charge in [-0.15, -0.1) is 0 Å². The zero-order valence-electron chi connectivity index (χ0n) is 7.50. The van der Waals surface area contributed by atoms with Crippen molar-refractivity contribution in [3.05, 3.63) is 29.3 Å². The van der Waals surface area contributed by atoms with Crippen LogP contribution in [0.4, 0.5) is 4.39 Å². The van der Waals surface area contributed by atoms with Gasteiger partial charge in [0.05, 0.1) is 13.5 Å². The molecule has 13 heavy (non-hydrogen) atoms. The van der Waals surface area contributed by atoms with Crippen molar-refractivity contribution in [2.24, 2.45) is 0 Å². The molecule has 0 amide bonds. The molecular weight excluding hydrogens is 173 g/mol. The van der Waals surface area contributed by atoms with Gasteiger partial charge in [-0.3, -0.25) is 4.79 Å². The lowest BCUT2D eigenvalue weighted by atomic mass is 10.1. The number of aryl methyl sites for hydroxylation is 1. The standard InChI is InChI=1S/C9H10FNO2/c1-6-5-11-8(10)3-7(6)4-9(12)13-2/h3,5H,4H2,1-2H3. The van der Waals surface area contributed by atoms with Crippen LogP contribution in [-0.2, 0) is 16.0 Å². The number of carbonyl (C=O) groups is 1. The molecule has 0 aliphatic rings. The van der Waals surface area contributed by atoms with Gasteiger partial charge >= 0.3 is 5.97 Å². The fourth-order valence-corrected chi connectivity index (χ4v) is 0.954. The van der Waals surface area contributed by atoms with E-state index in [0.717, 1.165) is 5.56 Å². The fourth-order valence-electron chi connectivity index (χ4n) is 0.954. The molecule has 4 heteroatoms. The van der Waals surface area contributed by atoms with Crippen molar-refractivity contribution in [1.29, 1.82) is 0 Å². The van der Waals surface area contributed by atoms with Crippen LogP contribution in [-0.4, -0.2) is 18.1 Å². The Bertz CT molecular complexity index is 325. The normalized spacial score (nSPS) is 9.77. The first kappa shape index (κ1) is 9.64. The maximum Gasteiger partial charge on any atom is 0.309 e. The molecule has 0 unspecified atom stereocenters. The van der Waals surface area contributed by atoms with Crippen molar-refractivity contribution in [3.63, 3.8) is 0 Å². The van der Waals surface area contributed by atoms with Crippen LogP contribution in [0, 0.1) is 12.9 Å². The van der Waals surface area contributed by atoms with Crippen LogP contribution in [0.2, 0.25) is 0 Å². The summed E-state index contributed by atoms with van der Waals surface area (Å²) >= 11 is 0. The summed E-state index contributed by atoms with van der Waals surface area (Å²) in [5.74, 6) is -0.960. The van der Waals surface area contributed by atoms with Crippen LogP contribution >= 0.6 is 0 Å². The summed E-state index contributed by atoms with van der Waals surface area (Å²) in [4.78, 5) is 14.3. The minimum absolute atomic E-state index is 0.0851. The minimum atomic E-state index is -0.579. The number of rotatable bonds is 2. The molecule has 1 rings (SSSR count). The monoisotopic (exact) mass is 183 g/mol. The molecule has 0 aromatic carbocycles. The van der Waals surface area contributed by atoms with Crippen molar-refractivity contribution in [2.75, 3.05) is 7.11 Å². The largest absolute Gasteiger partial charge is 0.469 e. The SMILES string of the molecule is COC(=O)Cc1cc(F)ncc1C. The highest BCUT2D eigenvalue weighted by molar-refractivity contribution is 5.72. The number of methoxy groups -OCH3 is 1. The molecule has 0 atom stereocenters. The van der Waals surface area contributed by atoms with Gasteiger partial charge in [-0.25, -0.2) is 4.98 Å². The first-order valence-corrected chi connectivity index (χ1v) is 3.81. The topological polar surface area (TPSA) is 39.2 Å². The predicted molar refractivity (Wildman–Crippen MR) is 44.7 cm³/mol. The molecule has 0 saturated carbocycles. The molecule has 1 heterocycles. The van der Waals surface area contributed by atoms with E-state index >= 15 is 0 Å². The smallest absolute Gasteiger partial charge is 0.309 e. The summed E-state index contributed by atoms with van der Waals surface area (Å²) < 4.78 is 17.1. The molecular formula is C9H10FNO2. The summed E-state index contributed by atoms with van der Waals surface area (Å²) in [5, 5.41) is 0. The van der Waals surface area contributed by atoms with E-state index in [0.29, 0.717) is 5.56 Å². The van der Waals surface area contributed by atoms with E-state index in [1.165, 1.54) is 19.4 Å². The number of aromatic nitrogens is 1. The van der Waals surface area contributed by atoms with Crippen molar-refractivity contribution >= 4 is 5.97 Å². The first-order valence-electron chi connectivity index (χ1n) is 3.81. The van der Waals surface area contributed by atoms with Gasteiger partial charge in [0.1, 0.15) is 0 Å². The van der Waals surface area contributed by atoms with Crippen molar-refractivity contribution in [1.82, 2.24) is 4.98 Å². The number of esters is 1. The third kappa shape index (κ3) is 2.50. The Balaban J connectivity index is 2.87. The average molecular weight is 183 g/mol. The molecule has 1 aromatic heterocycles. The lowest BCUT2D eigenvalue weighted by Crippen LogP contribution is -2.06. The molecule has 70 valence electrons. The Kier molecular flexibility index (Phi) is 2.95. The number of pyridine rings is 1. The number of ether oxygens (including phenoxy) is 1. The highest BCUT2D eigenvalue weighted by Crippen LogP contribution is 2.08. The third-order valence-electron chi connectivity index (χ3n) is 1.74. The van der Waals surface area contributed by atoms with E-state index < -0.39 is 5.95 Å². The zero-order valence-corrected chi connectivity index (χ0v) is 7.50. The van der Waals surface area contributed by atoms with E-state index in [-0.39, 0.29) is 12.4 Å². The first-order chi connectivity index (χ1) is 6.13. The molecule has 0 aliphatic heterocycles. The van der Waals surface area contributed by atoms with Gasteiger partial charge in [0.15, 0.2) is 0 Å². The van der Waals surface area contributed by atoms with Gasteiger partial charge in [-0.2, -0.15) is 4.39 Å². The number of hydrogen-bond donors (Lipinski definition) is 0. The number of nitrogens with zero attached hydrogens (tertiary/aromatic N) is 1. The molecule has 0 spiro atoms. The summed E-state index contributed by atoms with van der Waals surface area (Å²) in [6, 6.07) is 1.24. The van der Waals surface area contributed by atoms with E-state index in [4.69, 9.17) is 0 Å². The van der Waals surface area contributed by atoms with Crippen LogP contribution in [0.3, 0.4) is 0 Å². The highest BCUT2D eigenvalue weighted by atomic mass is 19.1. The number of halogens is 1. The Morgan fingerprint density at radius 3 is 3.00 bits per heavy atom. The molecule has 0 fully saturated rings. The minimum Gasteiger partial charge on any atom is -0.469 e. The lowest BCUT2D eigenvalue weighted by molar-refractivity contribution is -0.139. The van der Waals surface area contributed by atoms with Gasteiger partial charge in [0.25, 0.3) is 0 Å². The van der Waals surface area contributed by atoms with Crippen LogP contribution in [0.25, 0.3) is 0 Å². The zero-order chi connectivity index (χ0) is 9.84. The molecule has 0 bridgehead atoms. The van der Waals surface area contributed by atoms with Gasteiger partial charge < -0.3 is 4.74 Å². The molecule has 0 aliphatic carbocycles. The number of hydrogen-bond acceptors (Lipinski definition) is 3. The Morgan fingerprint density at radius 1 is 1.69 bits per heavy atom. The summed E-state index contributed by atoms with van der Waals surface area (Å²) in [6.07, 6.45) is 1.48. The van der Waals surface area contributed by atoms with E-state index in [2.05, 4.69) is 9.72 Å². The van der Waals surface area contributed by atoms with Crippen molar-refractivity contribution < 1.29 is 13.9 Å². The highest BCUT2D eigenvalue weighted by Gasteiger charge is 2.07. The second kappa shape index (κ2) is 3.98. The van der Waals surface area contributed by atoms with Crippen LogP contribution < -0.4 is 0 Å². The molecule has 0 N–H and O–H groups in total. The Hall–Kier alpha value is -1.45. The summed E-state index contributed by atoms with van der Waals surface area (Å²) in [6.45, 7) is 1.77. The van der Waals surface area contributed by atoms with E-state index in [1.807, 2.05) is 0 Å². The molecule has 1 aromatic rings. The van der Waals surface area contributed by atoms with Crippen molar-refractivity contribution in [2.45, 2.75) is 13.3 Å². The van der Waals surface area contributed by atoms with Gasteiger partial charge in [-0.05, 0) is 24.1 Å². The maximum atomic E-state index is 12.6. The summed E-state index contributed by atoms with van der Waals surface area (Å²) in [5.41, 5.74) is 1.39. The third-order valence-corrected chi connectivity index (χ3v) is 1.74. The van der Waals surface area contributed by atoms with Gasteiger partial charge in [-0.1, -0.05) is 0 Å². The molecule has 3 nitrogen and oxygen atoms in total. The lowest BCUT2D eigenvalue weighted by Gasteiger charge is -2.03. The fraction of sp³-hybridized carbons (Fsp3) is 0.333.